The van der Waals surface area contributed by atoms with Crippen LogP contribution in [0.2, 0.25) is 0 Å². The molecule has 0 unspecified atom stereocenters. The van der Waals surface area contributed by atoms with Crippen LogP contribution in [0.25, 0.3) is 6.08 Å². The van der Waals surface area contributed by atoms with Gasteiger partial charge >= 0.3 is 0 Å². The van der Waals surface area contributed by atoms with Gasteiger partial charge in [-0.1, -0.05) is 12.7 Å². The molecule has 2 aromatic rings. The average Bonchev–Trinajstić information content (AvgIpc) is 3.80. The first-order valence-corrected chi connectivity index (χ1v) is 12.3. The molecule has 9 heteroatoms. The maximum atomic E-state index is 12.8. The van der Waals surface area contributed by atoms with E-state index in [1.807, 2.05) is 17.0 Å². The summed E-state index contributed by atoms with van der Waals surface area (Å²) in [6.45, 7) is 6.23. The Kier molecular flexibility index (Phi) is 6.64. The Morgan fingerprint density at radius 3 is 2.83 bits per heavy atom. The molecule has 1 N–H and O–H groups in total. The maximum absolute atomic E-state index is 12.8. The van der Waals surface area contributed by atoms with E-state index in [1.54, 1.807) is 19.4 Å². The number of carbonyl (C=O) groups is 1. The van der Waals surface area contributed by atoms with Crippen molar-refractivity contribution in [3.8, 4) is 6.07 Å². The summed E-state index contributed by atoms with van der Waals surface area (Å²) in [4.78, 5) is 22.1. The van der Waals surface area contributed by atoms with E-state index in [4.69, 9.17) is 9.72 Å². The number of piperazine rings is 1. The monoisotopic (exact) mass is 473 g/mol. The summed E-state index contributed by atoms with van der Waals surface area (Å²) in [5.41, 5.74) is 3.16. The Bertz CT molecular complexity index is 1150. The first kappa shape index (κ1) is 23.2. The van der Waals surface area contributed by atoms with Gasteiger partial charge in [0.1, 0.15) is 11.9 Å². The van der Waals surface area contributed by atoms with E-state index >= 15 is 0 Å². The average molecular weight is 474 g/mol. The van der Waals surface area contributed by atoms with Crippen LogP contribution in [-0.2, 0) is 9.53 Å². The number of anilines is 3. The van der Waals surface area contributed by atoms with Crippen LogP contribution in [0.4, 0.5) is 17.3 Å². The summed E-state index contributed by atoms with van der Waals surface area (Å²) in [5.74, 6) is 2.36. The molecule has 0 aromatic carbocycles. The zero-order chi connectivity index (χ0) is 24.4. The SMILES string of the molecule is C=Cc1cnnc(Nc2cc(C#N)c(N3CCN(C(=O)CCOC)[C@H](C4CC4)C3)nc2C2CC2)c1. The number of nitrogens with one attached hydrogen (secondary N) is 1. The number of hydrogen-bond donors (Lipinski definition) is 1. The summed E-state index contributed by atoms with van der Waals surface area (Å²) < 4.78 is 5.12. The highest BCUT2D eigenvalue weighted by atomic mass is 16.5. The minimum Gasteiger partial charge on any atom is -0.384 e. The molecule has 0 bridgehead atoms. The minimum atomic E-state index is 0.151. The first-order chi connectivity index (χ1) is 17.1. The third-order valence-electron chi connectivity index (χ3n) is 7.02. The van der Waals surface area contributed by atoms with Crippen LogP contribution in [0.3, 0.4) is 0 Å². The van der Waals surface area contributed by atoms with Gasteiger partial charge in [0.2, 0.25) is 5.91 Å². The molecule has 3 heterocycles. The van der Waals surface area contributed by atoms with E-state index < -0.39 is 0 Å². The summed E-state index contributed by atoms with van der Waals surface area (Å²) >= 11 is 0. The lowest BCUT2D eigenvalue weighted by molar-refractivity contribution is -0.135. The topological polar surface area (TPSA) is 107 Å². The highest BCUT2D eigenvalue weighted by molar-refractivity contribution is 5.77. The highest BCUT2D eigenvalue weighted by Crippen LogP contribution is 2.45. The van der Waals surface area contributed by atoms with Crippen molar-refractivity contribution >= 4 is 29.3 Å². The Morgan fingerprint density at radius 1 is 1.31 bits per heavy atom. The fourth-order valence-electron chi connectivity index (χ4n) is 4.83. The van der Waals surface area contributed by atoms with E-state index in [0.717, 1.165) is 48.4 Å². The van der Waals surface area contributed by atoms with E-state index in [1.165, 1.54) is 0 Å². The molecule has 1 atom stereocenters. The highest BCUT2D eigenvalue weighted by Gasteiger charge is 2.41. The summed E-state index contributed by atoms with van der Waals surface area (Å²) in [5, 5.41) is 21.6. The molecule has 5 rings (SSSR count). The number of carbonyl (C=O) groups excluding carboxylic acids is 1. The predicted molar refractivity (Wildman–Crippen MR) is 133 cm³/mol. The Labute approximate surface area is 205 Å². The summed E-state index contributed by atoms with van der Waals surface area (Å²) in [6, 6.07) is 6.27. The molecule has 1 saturated heterocycles. The Balaban J connectivity index is 1.42. The largest absolute Gasteiger partial charge is 0.384 e. The number of ether oxygens (including phenoxy) is 1. The number of hydrogen-bond acceptors (Lipinski definition) is 8. The van der Waals surface area contributed by atoms with Crippen molar-refractivity contribution in [1.82, 2.24) is 20.1 Å². The van der Waals surface area contributed by atoms with Crippen molar-refractivity contribution < 1.29 is 9.53 Å². The number of amides is 1. The zero-order valence-corrected chi connectivity index (χ0v) is 20.1. The van der Waals surface area contributed by atoms with Crippen molar-refractivity contribution in [2.75, 3.05) is 43.6 Å². The molecule has 182 valence electrons. The minimum absolute atomic E-state index is 0.151. The Hall–Kier alpha value is -3.51. The maximum Gasteiger partial charge on any atom is 0.225 e. The van der Waals surface area contributed by atoms with Gasteiger partial charge in [0.25, 0.3) is 0 Å². The van der Waals surface area contributed by atoms with Gasteiger partial charge in [-0.15, -0.1) is 5.10 Å². The van der Waals surface area contributed by atoms with E-state index in [-0.39, 0.29) is 11.9 Å². The second-order valence-corrected chi connectivity index (χ2v) is 9.56. The number of aromatic nitrogens is 3. The van der Waals surface area contributed by atoms with Crippen LogP contribution in [-0.4, -0.2) is 65.4 Å². The number of pyridine rings is 1. The fraction of sp³-hybridized carbons (Fsp3) is 0.500. The van der Waals surface area contributed by atoms with E-state index in [2.05, 4.69) is 33.1 Å². The standard InChI is InChI=1S/C26H31N7O2/c1-3-17-12-23(31-28-15-17)29-21-13-20(14-27)26(30-25(21)19-6-7-19)32-9-10-33(24(34)8-11-35-2)22(16-32)18-4-5-18/h3,12-13,15,18-19,22H,1,4-11,16H2,2H3,(H,29,31)/t22-/m0/s1. The van der Waals surface area contributed by atoms with Gasteiger partial charge in [0.15, 0.2) is 5.82 Å². The predicted octanol–water partition coefficient (Wildman–Crippen LogP) is 3.47. The lowest BCUT2D eigenvalue weighted by Crippen LogP contribution is -2.56. The van der Waals surface area contributed by atoms with Gasteiger partial charge in [-0.25, -0.2) is 4.98 Å². The molecular formula is C26H31N7O2. The molecule has 2 aliphatic carbocycles. The van der Waals surface area contributed by atoms with Crippen molar-refractivity contribution in [2.45, 2.75) is 44.1 Å². The van der Waals surface area contributed by atoms with Gasteiger partial charge in [-0.05, 0) is 49.3 Å². The van der Waals surface area contributed by atoms with Crippen LogP contribution in [0.15, 0.2) is 24.9 Å². The first-order valence-electron chi connectivity index (χ1n) is 12.3. The van der Waals surface area contributed by atoms with Crippen LogP contribution in [0.5, 0.6) is 0 Å². The number of rotatable bonds is 9. The molecule has 9 nitrogen and oxygen atoms in total. The van der Waals surface area contributed by atoms with Gasteiger partial charge in [-0.2, -0.15) is 10.4 Å². The molecule has 0 radical (unpaired) electrons. The summed E-state index contributed by atoms with van der Waals surface area (Å²) in [6.07, 6.45) is 8.23. The normalized spacial score (nSPS) is 19.8. The van der Waals surface area contributed by atoms with E-state index in [0.29, 0.717) is 55.9 Å². The lowest BCUT2D eigenvalue weighted by Gasteiger charge is -2.42. The number of nitriles is 1. The molecule has 3 fully saturated rings. The van der Waals surface area contributed by atoms with Crippen LogP contribution >= 0.6 is 0 Å². The molecular weight excluding hydrogens is 442 g/mol. The fourth-order valence-corrected chi connectivity index (χ4v) is 4.83. The van der Waals surface area contributed by atoms with Crippen molar-refractivity contribution in [3.05, 3.63) is 41.7 Å². The van der Waals surface area contributed by atoms with Crippen molar-refractivity contribution in [2.24, 2.45) is 5.92 Å². The number of nitrogens with zero attached hydrogens (tertiary/aromatic N) is 6. The quantitative estimate of drug-likeness (QED) is 0.590. The van der Waals surface area contributed by atoms with Crippen molar-refractivity contribution in [3.63, 3.8) is 0 Å². The third kappa shape index (κ3) is 5.13. The van der Waals surface area contributed by atoms with Crippen LogP contribution in [0.1, 0.15) is 54.8 Å². The van der Waals surface area contributed by atoms with Gasteiger partial charge in [0, 0.05) is 32.7 Å². The molecule has 3 aliphatic rings. The van der Waals surface area contributed by atoms with Crippen LogP contribution in [0, 0.1) is 17.2 Å². The second-order valence-electron chi connectivity index (χ2n) is 9.56. The second kappa shape index (κ2) is 10.0. The van der Waals surface area contributed by atoms with Crippen LogP contribution < -0.4 is 10.2 Å². The Morgan fingerprint density at radius 2 is 2.14 bits per heavy atom. The van der Waals surface area contributed by atoms with Gasteiger partial charge in [0.05, 0.1) is 42.2 Å². The molecule has 35 heavy (non-hydrogen) atoms. The molecule has 1 amide bonds. The van der Waals surface area contributed by atoms with Gasteiger partial charge < -0.3 is 19.9 Å². The number of methoxy groups -OCH3 is 1. The van der Waals surface area contributed by atoms with E-state index in [9.17, 15) is 10.1 Å². The third-order valence-corrected chi connectivity index (χ3v) is 7.02. The molecule has 2 saturated carbocycles. The summed E-state index contributed by atoms with van der Waals surface area (Å²) in [7, 11) is 1.62. The molecule has 2 aromatic heterocycles. The zero-order valence-electron chi connectivity index (χ0n) is 20.1. The molecule has 1 aliphatic heterocycles. The lowest BCUT2D eigenvalue weighted by atomic mass is 10.0. The molecule has 0 spiro atoms. The van der Waals surface area contributed by atoms with Gasteiger partial charge in [-0.3, -0.25) is 4.79 Å². The smallest absolute Gasteiger partial charge is 0.225 e. The van der Waals surface area contributed by atoms with Crippen molar-refractivity contribution in [1.29, 1.82) is 5.26 Å².